The van der Waals surface area contributed by atoms with Gasteiger partial charge in [-0.15, -0.1) is 0 Å². The minimum absolute atomic E-state index is 0.186. The number of piperidine rings is 1. The first-order chi connectivity index (χ1) is 16.3. The number of likely N-dealkylation sites (N-methyl/N-ethyl adjacent to an activating group) is 1. The Morgan fingerprint density at radius 1 is 1.15 bits per heavy atom. The van der Waals surface area contributed by atoms with E-state index in [0.29, 0.717) is 18.4 Å². The molecule has 0 bridgehead atoms. The van der Waals surface area contributed by atoms with Crippen molar-refractivity contribution in [2.75, 3.05) is 33.7 Å². The molecule has 4 aromatic rings. The summed E-state index contributed by atoms with van der Waals surface area (Å²) in [5, 5.41) is 5.85. The van der Waals surface area contributed by atoms with Crippen LogP contribution in [0.4, 0.5) is 0 Å². The van der Waals surface area contributed by atoms with Crippen molar-refractivity contribution in [3.8, 4) is 11.3 Å². The summed E-state index contributed by atoms with van der Waals surface area (Å²) in [5.74, 6) is 1.13. The SMILES string of the molecule is Cc1cc2cc(-c3[nH]c4ccc(C5CCN(CC(=O)N(C)C)CC5)cc4c3C(C)C)ccn2n1. The molecule has 0 saturated carbocycles. The number of nitrogens with one attached hydrogen (secondary N) is 1. The Morgan fingerprint density at radius 2 is 1.91 bits per heavy atom. The molecule has 1 N–H and O–H groups in total. The normalized spacial score (nSPS) is 15.6. The summed E-state index contributed by atoms with van der Waals surface area (Å²) in [6.07, 6.45) is 4.24. The van der Waals surface area contributed by atoms with Crippen LogP contribution in [0.3, 0.4) is 0 Å². The number of aryl methyl sites for hydroxylation is 1. The molecule has 0 atom stereocenters. The minimum atomic E-state index is 0.186. The summed E-state index contributed by atoms with van der Waals surface area (Å²) < 4.78 is 1.94. The largest absolute Gasteiger partial charge is 0.354 e. The number of H-pyrrole nitrogens is 1. The second kappa shape index (κ2) is 8.91. The molecule has 1 amide bonds. The summed E-state index contributed by atoms with van der Waals surface area (Å²) in [4.78, 5) is 19.8. The molecule has 1 fully saturated rings. The molecule has 1 saturated heterocycles. The molecular formula is C28H35N5O. The average molecular weight is 458 g/mol. The van der Waals surface area contributed by atoms with Crippen molar-refractivity contribution < 1.29 is 4.79 Å². The van der Waals surface area contributed by atoms with E-state index in [-0.39, 0.29) is 5.91 Å². The standard InChI is InChI=1S/C28H35N5O/c1-18(2)27-24-16-21(20-8-11-32(12-9-20)17-26(34)31(4)5)6-7-25(24)29-28(27)22-10-13-33-23(15-22)14-19(3)30-33/h6-7,10,13-16,18,20,29H,8-9,11-12,17H2,1-5H3. The second-order valence-electron chi connectivity index (χ2n) is 10.3. The van der Waals surface area contributed by atoms with Gasteiger partial charge in [-0.25, -0.2) is 4.52 Å². The third-order valence-corrected chi connectivity index (χ3v) is 7.23. The van der Waals surface area contributed by atoms with Gasteiger partial charge in [0.05, 0.1) is 23.4 Å². The predicted molar refractivity (Wildman–Crippen MR) is 138 cm³/mol. The van der Waals surface area contributed by atoms with Gasteiger partial charge in [0.1, 0.15) is 0 Å². The van der Waals surface area contributed by atoms with Crippen LogP contribution in [0.15, 0.2) is 42.6 Å². The van der Waals surface area contributed by atoms with E-state index in [2.05, 4.69) is 65.2 Å². The number of hydrogen-bond donors (Lipinski definition) is 1. The lowest BCUT2D eigenvalue weighted by molar-refractivity contribution is -0.130. The van der Waals surface area contributed by atoms with Gasteiger partial charge in [-0.2, -0.15) is 5.10 Å². The molecule has 3 aromatic heterocycles. The Balaban J connectivity index is 1.44. The summed E-state index contributed by atoms with van der Waals surface area (Å²) >= 11 is 0. The van der Waals surface area contributed by atoms with Crippen molar-refractivity contribution >= 4 is 22.3 Å². The molecule has 0 spiro atoms. The first-order valence-electron chi connectivity index (χ1n) is 12.3. The number of aromatic amines is 1. The quantitative estimate of drug-likeness (QED) is 0.449. The van der Waals surface area contributed by atoms with Crippen LogP contribution in [0.25, 0.3) is 27.7 Å². The highest BCUT2D eigenvalue weighted by Crippen LogP contribution is 2.38. The van der Waals surface area contributed by atoms with Crippen LogP contribution in [-0.2, 0) is 4.79 Å². The van der Waals surface area contributed by atoms with E-state index < -0.39 is 0 Å². The van der Waals surface area contributed by atoms with Crippen LogP contribution >= 0.6 is 0 Å². The third kappa shape index (κ3) is 4.23. The van der Waals surface area contributed by atoms with E-state index in [9.17, 15) is 4.79 Å². The van der Waals surface area contributed by atoms with Crippen molar-refractivity contribution in [2.24, 2.45) is 0 Å². The van der Waals surface area contributed by atoms with Gasteiger partial charge in [-0.3, -0.25) is 9.69 Å². The summed E-state index contributed by atoms with van der Waals surface area (Å²) in [7, 11) is 3.66. The Kier molecular flexibility index (Phi) is 5.94. The lowest BCUT2D eigenvalue weighted by atomic mass is 9.87. The fourth-order valence-electron chi connectivity index (χ4n) is 5.35. The Labute approximate surface area is 201 Å². The zero-order valence-corrected chi connectivity index (χ0v) is 20.9. The first kappa shape index (κ1) is 22.7. The maximum atomic E-state index is 12.1. The Morgan fingerprint density at radius 3 is 2.62 bits per heavy atom. The summed E-state index contributed by atoms with van der Waals surface area (Å²) in [6.45, 7) is 9.06. The molecule has 4 heterocycles. The number of likely N-dealkylation sites (tertiary alicyclic amines) is 1. The van der Waals surface area contributed by atoms with Crippen molar-refractivity contribution in [2.45, 2.75) is 45.4 Å². The highest BCUT2D eigenvalue weighted by molar-refractivity contribution is 5.92. The fourth-order valence-corrected chi connectivity index (χ4v) is 5.35. The Bertz CT molecular complexity index is 1340. The number of nitrogens with zero attached hydrogens (tertiary/aromatic N) is 4. The van der Waals surface area contributed by atoms with Gasteiger partial charge >= 0.3 is 0 Å². The maximum Gasteiger partial charge on any atom is 0.236 e. The van der Waals surface area contributed by atoms with Crippen LogP contribution in [-0.4, -0.2) is 64.0 Å². The number of aromatic nitrogens is 3. The number of fused-ring (bicyclic) bond motifs is 2. The zero-order valence-electron chi connectivity index (χ0n) is 20.9. The monoisotopic (exact) mass is 457 g/mol. The van der Waals surface area contributed by atoms with Crippen molar-refractivity contribution in [3.63, 3.8) is 0 Å². The van der Waals surface area contributed by atoms with E-state index >= 15 is 0 Å². The number of amides is 1. The Hall–Kier alpha value is -3.12. The average Bonchev–Trinajstić information content (AvgIpc) is 3.37. The van der Waals surface area contributed by atoms with Gasteiger partial charge in [0.2, 0.25) is 5.91 Å². The van der Waals surface area contributed by atoms with E-state index in [4.69, 9.17) is 0 Å². The predicted octanol–water partition coefficient (Wildman–Crippen LogP) is 5.18. The molecule has 1 aromatic carbocycles. The van der Waals surface area contributed by atoms with Crippen LogP contribution in [0.2, 0.25) is 0 Å². The lowest BCUT2D eigenvalue weighted by Gasteiger charge is -2.32. The van der Waals surface area contributed by atoms with Gasteiger partial charge in [0, 0.05) is 36.8 Å². The smallest absolute Gasteiger partial charge is 0.236 e. The molecule has 178 valence electrons. The third-order valence-electron chi connectivity index (χ3n) is 7.23. The first-order valence-corrected chi connectivity index (χ1v) is 12.3. The van der Waals surface area contributed by atoms with Crippen molar-refractivity contribution in [1.82, 2.24) is 24.4 Å². The highest BCUT2D eigenvalue weighted by Gasteiger charge is 2.24. The maximum absolute atomic E-state index is 12.1. The van der Waals surface area contributed by atoms with Gasteiger partial charge < -0.3 is 9.88 Å². The van der Waals surface area contributed by atoms with E-state index in [1.54, 1.807) is 4.90 Å². The molecule has 34 heavy (non-hydrogen) atoms. The zero-order chi connectivity index (χ0) is 24.0. The molecule has 1 aliphatic heterocycles. The van der Waals surface area contributed by atoms with Gasteiger partial charge in [-0.05, 0) is 86.1 Å². The number of carbonyl (C=O) groups is 1. The summed E-state index contributed by atoms with van der Waals surface area (Å²) in [5.41, 5.74) is 8.55. The fraction of sp³-hybridized carbons (Fsp3) is 0.429. The number of rotatable bonds is 5. The molecule has 0 unspecified atom stereocenters. The van der Waals surface area contributed by atoms with E-state index in [1.807, 2.05) is 31.7 Å². The van der Waals surface area contributed by atoms with E-state index in [1.165, 1.54) is 33.3 Å². The summed E-state index contributed by atoms with van der Waals surface area (Å²) in [6, 6.07) is 13.5. The van der Waals surface area contributed by atoms with Crippen LogP contribution < -0.4 is 0 Å². The van der Waals surface area contributed by atoms with Crippen molar-refractivity contribution in [1.29, 1.82) is 0 Å². The van der Waals surface area contributed by atoms with Crippen LogP contribution in [0.1, 0.15) is 55.3 Å². The van der Waals surface area contributed by atoms with E-state index in [0.717, 1.165) is 37.1 Å². The van der Waals surface area contributed by atoms with Gasteiger partial charge in [0.25, 0.3) is 0 Å². The number of carbonyl (C=O) groups excluding carboxylic acids is 1. The molecule has 5 rings (SSSR count). The van der Waals surface area contributed by atoms with Crippen molar-refractivity contribution in [3.05, 3.63) is 59.4 Å². The van der Waals surface area contributed by atoms with Crippen LogP contribution in [0, 0.1) is 6.92 Å². The molecular weight excluding hydrogens is 422 g/mol. The molecule has 0 aliphatic carbocycles. The topological polar surface area (TPSA) is 56.6 Å². The lowest BCUT2D eigenvalue weighted by Crippen LogP contribution is -2.40. The molecule has 0 radical (unpaired) electrons. The number of benzene rings is 1. The highest BCUT2D eigenvalue weighted by atomic mass is 16.2. The number of hydrogen-bond acceptors (Lipinski definition) is 3. The van der Waals surface area contributed by atoms with Crippen LogP contribution in [0.5, 0.6) is 0 Å². The van der Waals surface area contributed by atoms with Gasteiger partial charge in [-0.1, -0.05) is 19.9 Å². The molecule has 1 aliphatic rings. The van der Waals surface area contributed by atoms with Gasteiger partial charge in [0.15, 0.2) is 0 Å². The minimum Gasteiger partial charge on any atom is -0.354 e. The number of pyridine rings is 1. The molecule has 6 nitrogen and oxygen atoms in total. The molecule has 6 heteroatoms. The second-order valence-corrected chi connectivity index (χ2v) is 10.3.